The first-order valence-electron chi connectivity index (χ1n) is 18.0. The molecule has 1 aromatic heterocycles. The Bertz CT molecular complexity index is 1990. The van der Waals surface area contributed by atoms with E-state index in [4.69, 9.17) is 42.1 Å². The standard InChI is InChI=1S/C40H38Cl2F3N3O7/c41-31-19-48(51)20-32(42)30(31)18-34(26-8-11-33(55-40(44)45)35(17-26)52-22-23-4-5-23)53-38(49)27-2-1-3-29(16-27)46-37(25-6-9-28(43)10-7-25)39(50)54-36-21-47-14-12-24(36)13-15-47/h1-3,6-11,16-17,19-20,23-24,34,36-37,40,46H,4-5,12-15,18,21-22H2/t34-,36-,37?/m0/s1. The maximum Gasteiger partial charge on any atom is 0.387 e. The van der Waals surface area contributed by atoms with Crippen molar-refractivity contribution in [2.24, 2.45) is 11.8 Å². The minimum Gasteiger partial charge on any atom is -0.619 e. The fraction of sp³-hybridized carbons (Fsp3) is 0.375. The lowest BCUT2D eigenvalue weighted by molar-refractivity contribution is -0.605. The molecule has 4 aromatic rings. The highest BCUT2D eigenvalue weighted by atomic mass is 35.5. The second-order valence-corrected chi connectivity index (χ2v) is 14.9. The van der Waals surface area contributed by atoms with E-state index < -0.39 is 36.5 Å². The van der Waals surface area contributed by atoms with Gasteiger partial charge in [-0.3, -0.25) is 4.90 Å². The van der Waals surface area contributed by atoms with Crippen LogP contribution in [0.25, 0.3) is 0 Å². The molecule has 1 unspecified atom stereocenters. The summed E-state index contributed by atoms with van der Waals surface area (Å²) in [4.78, 5) is 29.9. The summed E-state index contributed by atoms with van der Waals surface area (Å²) >= 11 is 12.8. The number of nitrogens with one attached hydrogen (secondary N) is 1. The van der Waals surface area contributed by atoms with Crippen molar-refractivity contribution in [1.82, 2.24) is 4.90 Å². The average Bonchev–Trinajstić information content (AvgIpc) is 4.00. The van der Waals surface area contributed by atoms with Crippen LogP contribution in [0.3, 0.4) is 0 Å². The highest BCUT2D eigenvalue weighted by molar-refractivity contribution is 6.35. The predicted molar refractivity (Wildman–Crippen MR) is 197 cm³/mol. The maximum atomic E-state index is 13.9. The number of rotatable bonds is 15. The van der Waals surface area contributed by atoms with Gasteiger partial charge in [0.2, 0.25) is 0 Å². The predicted octanol–water partition coefficient (Wildman–Crippen LogP) is 8.09. The molecule has 1 saturated carbocycles. The minimum atomic E-state index is -3.10. The van der Waals surface area contributed by atoms with Crippen LogP contribution in [0.1, 0.15) is 64.9 Å². The fourth-order valence-corrected chi connectivity index (χ4v) is 7.56. The molecule has 10 nitrogen and oxygen atoms in total. The summed E-state index contributed by atoms with van der Waals surface area (Å²) in [6, 6.07) is 15.0. The molecule has 4 aliphatic rings. The summed E-state index contributed by atoms with van der Waals surface area (Å²) in [5.41, 5.74) is 1.61. The number of halogens is 5. The zero-order valence-corrected chi connectivity index (χ0v) is 31.0. The summed E-state index contributed by atoms with van der Waals surface area (Å²) in [5, 5.41) is 15.2. The van der Waals surface area contributed by atoms with Gasteiger partial charge in [-0.15, -0.1) is 0 Å². The van der Waals surface area contributed by atoms with Gasteiger partial charge in [0, 0.05) is 24.2 Å². The number of carbonyl (C=O) groups excluding carboxylic acids is 2. The van der Waals surface area contributed by atoms with E-state index in [2.05, 4.69) is 10.2 Å². The molecular weight excluding hydrogens is 762 g/mol. The summed E-state index contributed by atoms with van der Waals surface area (Å²) in [7, 11) is 0. The number of anilines is 1. The number of hydrogen-bond acceptors (Lipinski definition) is 9. The van der Waals surface area contributed by atoms with Crippen LogP contribution in [0.5, 0.6) is 11.5 Å². The van der Waals surface area contributed by atoms with Crippen LogP contribution in [0.15, 0.2) is 79.1 Å². The molecule has 3 aromatic carbocycles. The zero-order chi connectivity index (χ0) is 38.6. The molecule has 1 aliphatic carbocycles. The number of hydrogen-bond donors (Lipinski definition) is 1. The third-order valence-corrected chi connectivity index (χ3v) is 10.8. The largest absolute Gasteiger partial charge is 0.619 e. The quantitative estimate of drug-likeness (QED) is 0.0725. The van der Waals surface area contributed by atoms with Crippen LogP contribution in [0, 0.1) is 22.9 Å². The lowest BCUT2D eigenvalue weighted by Crippen LogP contribution is -2.52. The molecule has 15 heteroatoms. The zero-order valence-electron chi connectivity index (χ0n) is 29.5. The van der Waals surface area contributed by atoms with Gasteiger partial charge in [-0.1, -0.05) is 47.5 Å². The lowest BCUT2D eigenvalue weighted by Gasteiger charge is -2.44. The topological polar surface area (TPSA) is 113 Å². The molecule has 0 spiro atoms. The van der Waals surface area contributed by atoms with Crippen LogP contribution >= 0.6 is 23.2 Å². The number of fused-ring (bicyclic) bond motifs is 3. The second kappa shape index (κ2) is 17.0. The molecular formula is C40H38Cl2F3N3O7. The third-order valence-electron chi connectivity index (χ3n) is 10.1. The molecule has 4 heterocycles. The van der Waals surface area contributed by atoms with Gasteiger partial charge in [0.05, 0.1) is 12.2 Å². The molecule has 55 heavy (non-hydrogen) atoms. The number of benzene rings is 3. The van der Waals surface area contributed by atoms with Crippen molar-refractivity contribution in [2.45, 2.75) is 57.0 Å². The number of aromatic nitrogens is 1. The van der Waals surface area contributed by atoms with Gasteiger partial charge in [0.15, 0.2) is 29.9 Å². The van der Waals surface area contributed by atoms with Gasteiger partial charge >= 0.3 is 18.6 Å². The van der Waals surface area contributed by atoms with Crippen molar-refractivity contribution in [1.29, 1.82) is 0 Å². The van der Waals surface area contributed by atoms with Gasteiger partial charge in [-0.2, -0.15) is 13.5 Å². The highest BCUT2D eigenvalue weighted by Gasteiger charge is 2.38. The van der Waals surface area contributed by atoms with Crippen LogP contribution < -0.4 is 19.5 Å². The first-order valence-corrected chi connectivity index (χ1v) is 18.8. The fourth-order valence-electron chi connectivity index (χ4n) is 6.96. The Labute approximate surface area is 325 Å². The van der Waals surface area contributed by atoms with Crippen LogP contribution in [0.2, 0.25) is 10.0 Å². The van der Waals surface area contributed by atoms with Gasteiger partial charge in [-0.25, -0.2) is 14.0 Å². The van der Waals surface area contributed by atoms with Crippen LogP contribution in [0.4, 0.5) is 18.9 Å². The molecule has 0 radical (unpaired) electrons. The van der Waals surface area contributed by atoms with E-state index in [-0.39, 0.29) is 45.6 Å². The summed E-state index contributed by atoms with van der Waals surface area (Å²) in [6.07, 6.45) is 4.55. The van der Waals surface area contributed by atoms with Gasteiger partial charge < -0.3 is 29.5 Å². The molecule has 4 fully saturated rings. The normalized spacial score (nSPS) is 20.1. The first kappa shape index (κ1) is 38.6. The van der Waals surface area contributed by atoms with E-state index in [0.29, 0.717) is 46.2 Å². The van der Waals surface area contributed by atoms with Crippen LogP contribution in [-0.4, -0.2) is 55.8 Å². The van der Waals surface area contributed by atoms with Crippen molar-refractivity contribution in [3.63, 3.8) is 0 Å². The molecule has 1 N–H and O–H groups in total. The SMILES string of the molecule is O=C(O[C@@H](Cc1c(Cl)c[n+]([O-])cc1Cl)c1ccc(OC(F)F)c(OCC2CC2)c1)c1cccc(NC(C(=O)O[C@H]2CN3CCC2CC3)c2ccc(F)cc2)c1. The Balaban J connectivity index is 1.15. The number of ether oxygens (including phenoxy) is 4. The van der Waals surface area contributed by atoms with Gasteiger partial charge in [0.25, 0.3) is 0 Å². The number of esters is 2. The molecule has 3 atom stereocenters. The lowest BCUT2D eigenvalue weighted by atomic mass is 9.86. The van der Waals surface area contributed by atoms with Crippen molar-refractivity contribution in [3.8, 4) is 11.5 Å². The Kier molecular flexibility index (Phi) is 11.9. The highest BCUT2D eigenvalue weighted by Crippen LogP contribution is 2.38. The Morgan fingerprint density at radius 2 is 1.64 bits per heavy atom. The molecule has 290 valence electrons. The third kappa shape index (κ3) is 9.75. The second-order valence-electron chi connectivity index (χ2n) is 14.1. The van der Waals surface area contributed by atoms with E-state index >= 15 is 0 Å². The van der Waals surface area contributed by atoms with E-state index in [1.807, 2.05) is 0 Å². The summed E-state index contributed by atoms with van der Waals surface area (Å²) < 4.78 is 63.6. The molecule has 0 amide bonds. The maximum absolute atomic E-state index is 13.9. The molecule has 3 saturated heterocycles. The number of alkyl halides is 2. The van der Waals surface area contributed by atoms with E-state index in [0.717, 1.165) is 51.2 Å². The first-order chi connectivity index (χ1) is 26.5. The monoisotopic (exact) mass is 799 g/mol. The molecule has 8 rings (SSSR count). The van der Waals surface area contributed by atoms with Crippen molar-refractivity contribution >= 4 is 40.8 Å². The average molecular weight is 801 g/mol. The van der Waals surface area contributed by atoms with Crippen LogP contribution in [-0.2, 0) is 20.7 Å². The smallest absolute Gasteiger partial charge is 0.387 e. The number of nitrogens with zero attached hydrogens (tertiary/aromatic N) is 2. The van der Waals surface area contributed by atoms with E-state index in [1.165, 1.54) is 54.6 Å². The summed E-state index contributed by atoms with van der Waals surface area (Å²) in [6.45, 7) is -0.210. The minimum absolute atomic E-state index is 0.0228. The van der Waals surface area contributed by atoms with Gasteiger partial charge in [-0.05, 0) is 104 Å². The Hall–Kier alpha value is -4.72. The summed E-state index contributed by atoms with van der Waals surface area (Å²) in [5.74, 6) is -1.36. The number of piperidine rings is 3. The van der Waals surface area contributed by atoms with E-state index in [9.17, 15) is 28.0 Å². The van der Waals surface area contributed by atoms with E-state index in [1.54, 1.807) is 12.1 Å². The Morgan fingerprint density at radius 1 is 0.927 bits per heavy atom. The van der Waals surface area contributed by atoms with Crippen molar-refractivity contribution < 1.29 is 46.4 Å². The number of carbonyl (C=O) groups is 2. The van der Waals surface area contributed by atoms with Gasteiger partial charge in [0.1, 0.15) is 28.1 Å². The molecule has 3 aliphatic heterocycles. The molecule has 2 bridgehead atoms. The Morgan fingerprint density at radius 3 is 2.29 bits per heavy atom. The van der Waals surface area contributed by atoms with Crippen molar-refractivity contribution in [3.05, 3.63) is 122 Å². The number of pyridine rings is 1. The van der Waals surface area contributed by atoms with Crippen molar-refractivity contribution in [2.75, 3.05) is 31.6 Å².